The second-order valence-corrected chi connectivity index (χ2v) is 4.60. The number of aromatic nitrogens is 2. The Morgan fingerprint density at radius 1 is 1.56 bits per heavy atom. The van der Waals surface area contributed by atoms with E-state index in [2.05, 4.69) is 40.2 Å². The average Bonchev–Trinajstić information content (AvgIpc) is 2.91. The van der Waals surface area contributed by atoms with Crippen LogP contribution in [0.4, 0.5) is 0 Å². The number of rotatable bonds is 4. The number of thiophene rings is 1. The summed E-state index contributed by atoms with van der Waals surface area (Å²) in [6, 6.07) is 4.58. The smallest absolute Gasteiger partial charge is 0.0753 e. The molecule has 1 unspecified atom stereocenters. The van der Waals surface area contributed by atoms with Crippen molar-refractivity contribution in [3.63, 3.8) is 0 Å². The third-order valence-corrected chi connectivity index (χ3v) is 3.49. The highest BCUT2D eigenvalue weighted by molar-refractivity contribution is 7.08. The van der Waals surface area contributed by atoms with E-state index in [4.69, 9.17) is 0 Å². The van der Waals surface area contributed by atoms with E-state index in [1.54, 1.807) is 11.3 Å². The molecule has 0 saturated carbocycles. The minimum atomic E-state index is 0.240. The van der Waals surface area contributed by atoms with Crippen LogP contribution >= 0.6 is 11.3 Å². The van der Waals surface area contributed by atoms with Gasteiger partial charge in [0.05, 0.1) is 17.4 Å². The van der Waals surface area contributed by atoms with E-state index in [1.165, 1.54) is 11.3 Å². The lowest BCUT2D eigenvalue weighted by molar-refractivity contribution is 0.605. The molecule has 2 aromatic rings. The van der Waals surface area contributed by atoms with Crippen molar-refractivity contribution < 1.29 is 0 Å². The summed E-state index contributed by atoms with van der Waals surface area (Å²) in [5, 5.41) is 12.1. The van der Waals surface area contributed by atoms with Gasteiger partial charge in [0.15, 0.2) is 0 Å². The molecule has 4 heteroatoms. The molecule has 3 nitrogen and oxygen atoms in total. The van der Waals surface area contributed by atoms with E-state index in [0.717, 1.165) is 12.1 Å². The highest BCUT2D eigenvalue weighted by atomic mass is 32.1. The zero-order chi connectivity index (χ0) is 11.5. The number of aryl methyl sites for hydroxylation is 2. The third-order valence-electron chi connectivity index (χ3n) is 2.79. The molecule has 86 valence electrons. The topological polar surface area (TPSA) is 29.9 Å². The van der Waals surface area contributed by atoms with Gasteiger partial charge in [-0.3, -0.25) is 4.68 Å². The zero-order valence-electron chi connectivity index (χ0n) is 9.90. The molecule has 0 fully saturated rings. The van der Waals surface area contributed by atoms with Crippen molar-refractivity contribution in [1.29, 1.82) is 0 Å². The Morgan fingerprint density at radius 3 is 2.88 bits per heavy atom. The van der Waals surface area contributed by atoms with E-state index in [9.17, 15) is 0 Å². The summed E-state index contributed by atoms with van der Waals surface area (Å²) < 4.78 is 1.97. The molecule has 0 aromatic carbocycles. The minimum Gasteiger partial charge on any atom is -0.308 e. The molecule has 2 aromatic heterocycles. The summed E-state index contributed by atoms with van der Waals surface area (Å²) in [6.45, 7) is 2.13. The highest BCUT2D eigenvalue weighted by Crippen LogP contribution is 2.24. The fourth-order valence-electron chi connectivity index (χ4n) is 1.91. The lowest BCUT2D eigenvalue weighted by Gasteiger charge is -2.14. The third kappa shape index (κ3) is 2.03. The summed E-state index contributed by atoms with van der Waals surface area (Å²) in [5.74, 6) is 0. The lowest BCUT2D eigenvalue weighted by Crippen LogP contribution is -2.19. The SMILES string of the molecule is CCc1cc(C(NC)c2ccsc2)n(C)n1. The molecule has 0 aliphatic rings. The van der Waals surface area contributed by atoms with Crippen LogP contribution in [-0.2, 0) is 13.5 Å². The van der Waals surface area contributed by atoms with E-state index in [1.807, 2.05) is 18.8 Å². The second-order valence-electron chi connectivity index (χ2n) is 3.82. The Balaban J connectivity index is 2.37. The van der Waals surface area contributed by atoms with Gasteiger partial charge in [-0.1, -0.05) is 6.92 Å². The fourth-order valence-corrected chi connectivity index (χ4v) is 2.60. The summed E-state index contributed by atoms with van der Waals surface area (Å²) in [7, 11) is 3.99. The molecular weight excluding hydrogens is 218 g/mol. The molecule has 0 spiro atoms. The maximum atomic E-state index is 4.49. The molecule has 2 heterocycles. The van der Waals surface area contributed by atoms with Crippen LogP contribution in [-0.4, -0.2) is 16.8 Å². The van der Waals surface area contributed by atoms with Crippen LogP contribution in [0.2, 0.25) is 0 Å². The first-order chi connectivity index (χ1) is 7.76. The molecule has 2 rings (SSSR count). The summed E-state index contributed by atoms with van der Waals surface area (Å²) in [5.41, 5.74) is 3.67. The Bertz CT molecular complexity index is 445. The molecule has 0 aliphatic carbocycles. The van der Waals surface area contributed by atoms with Gasteiger partial charge in [0.2, 0.25) is 0 Å². The molecule has 0 amide bonds. The minimum absolute atomic E-state index is 0.240. The number of hydrogen-bond donors (Lipinski definition) is 1. The van der Waals surface area contributed by atoms with E-state index < -0.39 is 0 Å². The van der Waals surface area contributed by atoms with Gasteiger partial charge in [-0.2, -0.15) is 16.4 Å². The van der Waals surface area contributed by atoms with Crippen LogP contribution in [0, 0.1) is 0 Å². The number of nitrogens with one attached hydrogen (secondary N) is 1. The predicted molar refractivity (Wildman–Crippen MR) is 67.8 cm³/mol. The van der Waals surface area contributed by atoms with Gasteiger partial charge in [0.25, 0.3) is 0 Å². The van der Waals surface area contributed by atoms with Gasteiger partial charge in [-0.05, 0) is 41.9 Å². The van der Waals surface area contributed by atoms with Crippen LogP contribution in [0.25, 0.3) is 0 Å². The van der Waals surface area contributed by atoms with E-state index in [0.29, 0.717) is 0 Å². The fraction of sp³-hybridized carbons (Fsp3) is 0.417. The first kappa shape index (κ1) is 11.4. The number of hydrogen-bond acceptors (Lipinski definition) is 3. The van der Waals surface area contributed by atoms with Crippen molar-refractivity contribution in [1.82, 2.24) is 15.1 Å². The van der Waals surface area contributed by atoms with Crippen LogP contribution in [0.15, 0.2) is 22.9 Å². The first-order valence-corrected chi connectivity index (χ1v) is 6.42. The quantitative estimate of drug-likeness (QED) is 0.881. The Kier molecular flexibility index (Phi) is 3.41. The molecule has 0 aliphatic heterocycles. The molecule has 0 radical (unpaired) electrons. The van der Waals surface area contributed by atoms with Crippen molar-refractivity contribution in [3.8, 4) is 0 Å². The molecule has 1 N–H and O–H groups in total. The van der Waals surface area contributed by atoms with Crippen LogP contribution < -0.4 is 5.32 Å². The van der Waals surface area contributed by atoms with Crippen molar-refractivity contribution in [2.24, 2.45) is 7.05 Å². The maximum Gasteiger partial charge on any atom is 0.0753 e. The summed E-state index contributed by atoms with van der Waals surface area (Å²) in [6.07, 6.45) is 0.980. The Hall–Kier alpha value is -1.13. The van der Waals surface area contributed by atoms with Crippen LogP contribution in [0.5, 0.6) is 0 Å². The second kappa shape index (κ2) is 4.80. The van der Waals surface area contributed by atoms with E-state index >= 15 is 0 Å². The lowest BCUT2D eigenvalue weighted by atomic mass is 10.1. The van der Waals surface area contributed by atoms with Gasteiger partial charge in [-0.15, -0.1) is 0 Å². The normalized spacial score (nSPS) is 12.9. The molecule has 0 bridgehead atoms. The van der Waals surface area contributed by atoms with Crippen molar-refractivity contribution in [3.05, 3.63) is 39.8 Å². The van der Waals surface area contributed by atoms with Crippen molar-refractivity contribution >= 4 is 11.3 Å². The maximum absolute atomic E-state index is 4.49. The summed E-state index contributed by atoms with van der Waals surface area (Å²) in [4.78, 5) is 0. The molecule has 1 atom stereocenters. The zero-order valence-corrected chi connectivity index (χ0v) is 10.7. The van der Waals surface area contributed by atoms with Crippen LogP contribution in [0.3, 0.4) is 0 Å². The Morgan fingerprint density at radius 2 is 2.38 bits per heavy atom. The molecule has 0 saturated heterocycles. The number of nitrogens with zero attached hydrogens (tertiary/aromatic N) is 2. The first-order valence-electron chi connectivity index (χ1n) is 5.48. The molecule has 16 heavy (non-hydrogen) atoms. The van der Waals surface area contributed by atoms with Crippen LogP contribution in [0.1, 0.15) is 29.9 Å². The van der Waals surface area contributed by atoms with Gasteiger partial charge < -0.3 is 5.32 Å². The average molecular weight is 235 g/mol. The van der Waals surface area contributed by atoms with Gasteiger partial charge in [0, 0.05) is 7.05 Å². The van der Waals surface area contributed by atoms with Crippen molar-refractivity contribution in [2.45, 2.75) is 19.4 Å². The highest BCUT2D eigenvalue weighted by Gasteiger charge is 2.16. The standard InChI is InChI=1S/C12H17N3S/c1-4-10-7-11(15(3)14-10)12(13-2)9-5-6-16-8-9/h5-8,12-13H,4H2,1-3H3. The van der Waals surface area contributed by atoms with Crippen molar-refractivity contribution in [2.75, 3.05) is 7.05 Å². The summed E-state index contributed by atoms with van der Waals surface area (Å²) >= 11 is 1.73. The molecular formula is C12H17N3S. The predicted octanol–water partition coefficient (Wildman–Crippen LogP) is 2.35. The van der Waals surface area contributed by atoms with Gasteiger partial charge in [0.1, 0.15) is 0 Å². The van der Waals surface area contributed by atoms with Gasteiger partial charge >= 0.3 is 0 Å². The Labute approximate surface area is 100 Å². The van der Waals surface area contributed by atoms with E-state index in [-0.39, 0.29) is 6.04 Å². The monoisotopic (exact) mass is 235 g/mol. The largest absolute Gasteiger partial charge is 0.308 e. The van der Waals surface area contributed by atoms with Gasteiger partial charge in [-0.25, -0.2) is 0 Å².